The average Bonchev–Trinajstić information content (AvgIpc) is 2.75. The number of para-hydroxylation sites is 1. The van der Waals surface area contributed by atoms with Crippen LogP contribution in [0.3, 0.4) is 0 Å². The number of aromatic nitrogens is 2. The number of fused-ring (bicyclic) bond motifs is 2. The van der Waals surface area contributed by atoms with Crippen LogP contribution in [0.1, 0.15) is 111 Å². The summed E-state index contributed by atoms with van der Waals surface area (Å²) in [6.45, 7) is 35.0. The van der Waals surface area contributed by atoms with Crippen molar-refractivity contribution in [1.29, 1.82) is 0 Å². The normalized spacial score (nSPS) is 11.0. The van der Waals surface area contributed by atoms with E-state index < -0.39 is 0 Å². The summed E-state index contributed by atoms with van der Waals surface area (Å²) in [5.74, 6) is 0. The molecule has 0 aliphatic rings. The van der Waals surface area contributed by atoms with Gasteiger partial charge >= 0.3 is 0 Å². The Morgan fingerprint density at radius 2 is 0.725 bits per heavy atom. The summed E-state index contributed by atoms with van der Waals surface area (Å²) < 4.78 is 0. The van der Waals surface area contributed by atoms with Crippen LogP contribution >= 0.6 is 0 Å². The van der Waals surface area contributed by atoms with E-state index in [1.165, 1.54) is 16.2 Å². The molecule has 2 heteroatoms. The molecular formula is C38H62N2. The van der Waals surface area contributed by atoms with Crippen LogP contribution in [0, 0.1) is 21.7 Å². The Kier molecular flexibility index (Phi) is 18.3. The molecule has 224 valence electrons. The van der Waals surface area contributed by atoms with Crippen molar-refractivity contribution in [3.63, 3.8) is 0 Å². The lowest BCUT2D eigenvalue weighted by Gasteiger charge is -2.05. The van der Waals surface area contributed by atoms with Gasteiger partial charge < -0.3 is 0 Å². The van der Waals surface area contributed by atoms with Gasteiger partial charge in [0.1, 0.15) is 0 Å². The predicted octanol–water partition coefficient (Wildman–Crippen LogP) is 12.7. The van der Waals surface area contributed by atoms with Gasteiger partial charge in [-0.15, -0.1) is 0 Å². The van der Waals surface area contributed by atoms with Gasteiger partial charge in [0.15, 0.2) is 0 Å². The molecule has 2 heterocycles. The van der Waals surface area contributed by atoms with Crippen LogP contribution in [-0.4, -0.2) is 9.97 Å². The number of hydrogen-bond donors (Lipinski definition) is 0. The molecule has 0 saturated heterocycles. The van der Waals surface area contributed by atoms with Gasteiger partial charge in [-0.1, -0.05) is 159 Å². The summed E-state index contributed by atoms with van der Waals surface area (Å²) in [4.78, 5) is 8.19. The Morgan fingerprint density at radius 1 is 0.375 bits per heavy atom. The molecule has 0 N–H and O–H groups in total. The molecule has 0 atom stereocenters. The van der Waals surface area contributed by atoms with Gasteiger partial charge in [-0.3, -0.25) is 9.97 Å². The van der Waals surface area contributed by atoms with Gasteiger partial charge in [0, 0.05) is 24.0 Å². The zero-order valence-electron chi connectivity index (χ0n) is 29.0. The van der Waals surface area contributed by atoms with Crippen molar-refractivity contribution in [2.45, 2.75) is 111 Å². The largest absolute Gasteiger partial charge is 0.264 e. The Bertz CT molecular complexity index is 890. The lowest BCUT2D eigenvalue weighted by molar-refractivity contribution is 0.469. The summed E-state index contributed by atoms with van der Waals surface area (Å²) in [7, 11) is 0. The molecule has 0 spiro atoms. The first-order valence-corrected chi connectivity index (χ1v) is 14.5. The number of rotatable bonds is 0. The van der Waals surface area contributed by atoms with Crippen LogP contribution in [0.15, 0.2) is 85.3 Å². The minimum atomic E-state index is 0.500. The van der Waals surface area contributed by atoms with Gasteiger partial charge in [0.05, 0.1) is 5.52 Å². The first-order chi connectivity index (χ1) is 17.9. The molecule has 2 aromatic heterocycles. The highest BCUT2D eigenvalue weighted by atomic mass is 14.6. The molecule has 0 fully saturated rings. The Hall–Kier alpha value is -2.74. The SMILES string of the molecule is CC(C)(C)C.CC(C)(C)C.CC(C)(C)C.CC(C)(C)C.c1ccc2cnccc2c1.c1ccc2ncccc2c1. The molecule has 0 bridgehead atoms. The van der Waals surface area contributed by atoms with Crippen molar-refractivity contribution in [1.82, 2.24) is 9.97 Å². The monoisotopic (exact) mass is 546 g/mol. The molecule has 0 aliphatic carbocycles. The van der Waals surface area contributed by atoms with Gasteiger partial charge in [0.2, 0.25) is 0 Å². The smallest absolute Gasteiger partial charge is 0.0701 e. The third-order valence-corrected chi connectivity index (χ3v) is 3.06. The molecular weight excluding hydrogens is 484 g/mol. The van der Waals surface area contributed by atoms with Gasteiger partial charge in [-0.25, -0.2) is 0 Å². The third kappa shape index (κ3) is 37.4. The third-order valence-electron chi connectivity index (χ3n) is 3.06. The summed E-state index contributed by atoms with van der Waals surface area (Å²) >= 11 is 0. The maximum atomic E-state index is 4.18. The summed E-state index contributed by atoms with van der Waals surface area (Å²) in [5.41, 5.74) is 3.06. The Morgan fingerprint density at radius 3 is 1.12 bits per heavy atom. The average molecular weight is 547 g/mol. The fourth-order valence-corrected chi connectivity index (χ4v) is 2.04. The number of benzene rings is 2. The second-order valence-corrected chi connectivity index (χ2v) is 16.4. The molecule has 2 nitrogen and oxygen atoms in total. The highest BCUT2D eigenvalue weighted by Gasteiger charge is 1.97. The van der Waals surface area contributed by atoms with Crippen LogP contribution in [0.25, 0.3) is 21.7 Å². The molecule has 0 aliphatic heterocycles. The first-order valence-electron chi connectivity index (χ1n) is 14.5. The van der Waals surface area contributed by atoms with E-state index in [0.29, 0.717) is 21.7 Å². The fourth-order valence-electron chi connectivity index (χ4n) is 2.04. The lowest BCUT2D eigenvalue weighted by Crippen LogP contribution is -1.93. The van der Waals surface area contributed by atoms with Crippen LogP contribution in [-0.2, 0) is 0 Å². The highest BCUT2D eigenvalue weighted by molar-refractivity contribution is 5.81. The number of hydrogen-bond acceptors (Lipinski definition) is 2. The van der Waals surface area contributed by atoms with Crippen molar-refractivity contribution in [3.05, 3.63) is 85.3 Å². The number of pyridine rings is 2. The molecule has 4 aromatic rings. The molecule has 4 rings (SSSR count). The molecule has 2 aromatic carbocycles. The molecule has 0 unspecified atom stereocenters. The molecule has 0 amide bonds. The lowest BCUT2D eigenvalue weighted by atomic mass is 10.0. The van der Waals surface area contributed by atoms with E-state index in [2.05, 4.69) is 145 Å². The highest BCUT2D eigenvalue weighted by Crippen LogP contribution is 2.11. The molecule has 40 heavy (non-hydrogen) atoms. The van der Waals surface area contributed by atoms with Gasteiger partial charge in [-0.2, -0.15) is 0 Å². The van der Waals surface area contributed by atoms with E-state index in [4.69, 9.17) is 0 Å². The van der Waals surface area contributed by atoms with E-state index >= 15 is 0 Å². The van der Waals surface area contributed by atoms with Crippen LogP contribution in [0.5, 0.6) is 0 Å². The first kappa shape index (κ1) is 39.4. The van der Waals surface area contributed by atoms with Crippen LogP contribution < -0.4 is 0 Å². The van der Waals surface area contributed by atoms with E-state index in [0.717, 1.165) is 5.52 Å². The van der Waals surface area contributed by atoms with Gasteiger partial charge in [-0.05, 0) is 50.6 Å². The second kappa shape index (κ2) is 18.6. The van der Waals surface area contributed by atoms with Gasteiger partial charge in [0.25, 0.3) is 0 Å². The van der Waals surface area contributed by atoms with E-state index in [-0.39, 0.29) is 0 Å². The zero-order valence-corrected chi connectivity index (χ0v) is 29.0. The topological polar surface area (TPSA) is 25.8 Å². The van der Waals surface area contributed by atoms with Crippen molar-refractivity contribution >= 4 is 21.7 Å². The van der Waals surface area contributed by atoms with Crippen LogP contribution in [0.4, 0.5) is 0 Å². The summed E-state index contributed by atoms with van der Waals surface area (Å²) in [6.07, 6.45) is 5.49. The summed E-state index contributed by atoms with van der Waals surface area (Å²) in [5, 5.41) is 3.65. The Labute approximate surface area is 249 Å². The van der Waals surface area contributed by atoms with Crippen molar-refractivity contribution in [3.8, 4) is 0 Å². The van der Waals surface area contributed by atoms with Crippen molar-refractivity contribution < 1.29 is 0 Å². The maximum absolute atomic E-state index is 4.18. The van der Waals surface area contributed by atoms with Crippen LogP contribution in [0.2, 0.25) is 0 Å². The van der Waals surface area contributed by atoms with Crippen molar-refractivity contribution in [2.24, 2.45) is 21.7 Å². The number of nitrogens with zero attached hydrogens (tertiary/aromatic N) is 2. The predicted molar refractivity (Wildman–Crippen MR) is 184 cm³/mol. The standard InChI is InChI=1S/2C9H7N.4C5H12/c1-2-6-9-8(4-1)5-3-7-10-9;1-2-4-9-7-10-6-5-8(9)3-1;4*1-5(2,3)4/h2*1-7H;4*1-4H3. The minimum Gasteiger partial charge on any atom is -0.264 e. The van der Waals surface area contributed by atoms with E-state index in [9.17, 15) is 0 Å². The molecule has 0 radical (unpaired) electrons. The Balaban J connectivity index is 0. The molecule has 0 saturated carbocycles. The minimum absolute atomic E-state index is 0.500. The second-order valence-electron chi connectivity index (χ2n) is 16.4. The van der Waals surface area contributed by atoms with Crippen molar-refractivity contribution in [2.75, 3.05) is 0 Å². The zero-order chi connectivity index (χ0) is 31.6. The van der Waals surface area contributed by atoms with E-state index in [1.54, 1.807) is 0 Å². The quantitative estimate of drug-likeness (QED) is 0.219. The maximum Gasteiger partial charge on any atom is 0.0701 e. The fraction of sp³-hybridized carbons (Fsp3) is 0.526. The van der Waals surface area contributed by atoms with E-state index in [1.807, 2.05) is 61.1 Å². The summed E-state index contributed by atoms with van der Waals surface area (Å²) in [6, 6.07) is 22.3.